The molecule has 0 aliphatic rings. The average Bonchev–Trinajstić information content (AvgIpc) is 2.65. The minimum atomic E-state index is 0.327. The van der Waals surface area contributed by atoms with E-state index in [1.54, 1.807) is 0 Å². The Morgan fingerprint density at radius 2 is 2.47 bits per heavy atom. The molecule has 0 radical (unpaired) electrons. The number of rotatable bonds is 6. The van der Waals surface area contributed by atoms with Crippen molar-refractivity contribution in [3.05, 3.63) is 18.2 Å². The van der Waals surface area contributed by atoms with E-state index in [4.69, 9.17) is 6.42 Å². The molecule has 1 rings (SSSR count). The highest BCUT2D eigenvalue weighted by atomic mass is 15.1. The van der Waals surface area contributed by atoms with Crippen molar-refractivity contribution in [3.63, 3.8) is 0 Å². The van der Waals surface area contributed by atoms with E-state index in [-0.39, 0.29) is 0 Å². The first-order valence-electron chi connectivity index (χ1n) is 5.42. The molecule has 1 N–H and O–H groups in total. The normalized spacial score (nSPS) is 12.3. The summed E-state index contributed by atoms with van der Waals surface area (Å²) in [4.78, 5) is 4.13. The Hall–Kier alpha value is -1.27. The van der Waals surface area contributed by atoms with E-state index >= 15 is 0 Å². The third kappa shape index (κ3) is 3.41. The van der Waals surface area contributed by atoms with Crippen molar-refractivity contribution in [1.82, 2.24) is 14.9 Å². The summed E-state index contributed by atoms with van der Waals surface area (Å²) in [5, 5.41) is 3.49. The van der Waals surface area contributed by atoms with Crippen LogP contribution in [0.25, 0.3) is 0 Å². The van der Waals surface area contributed by atoms with E-state index in [9.17, 15) is 0 Å². The molecule has 1 aromatic rings. The van der Waals surface area contributed by atoms with Crippen molar-refractivity contribution in [1.29, 1.82) is 0 Å². The minimum absolute atomic E-state index is 0.327. The van der Waals surface area contributed by atoms with Crippen molar-refractivity contribution < 1.29 is 0 Å². The Balaban J connectivity index is 2.63. The number of nitrogens with one attached hydrogen (secondary N) is 1. The Bertz CT molecular complexity index is 322. The summed E-state index contributed by atoms with van der Waals surface area (Å²) in [7, 11) is 2.01. The van der Waals surface area contributed by atoms with Crippen LogP contribution in [0.4, 0.5) is 0 Å². The molecular formula is C12H19N3. The average molecular weight is 205 g/mol. The number of aromatic nitrogens is 2. The van der Waals surface area contributed by atoms with Crippen molar-refractivity contribution in [2.75, 3.05) is 6.54 Å². The van der Waals surface area contributed by atoms with Gasteiger partial charge in [0.1, 0.15) is 0 Å². The highest BCUT2D eigenvalue weighted by molar-refractivity contribution is 5.05. The number of hydrogen-bond acceptors (Lipinski definition) is 2. The summed E-state index contributed by atoms with van der Waals surface area (Å²) < 4.78 is 2.05. The number of imidazole rings is 1. The predicted octanol–water partition coefficient (Wildman–Crippen LogP) is 1.87. The Morgan fingerprint density at radius 1 is 1.67 bits per heavy atom. The van der Waals surface area contributed by atoms with E-state index in [0.29, 0.717) is 6.04 Å². The smallest absolute Gasteiger partial charge is 0.0946 e. The molecule has 0 bridgehead atoms. The Morgan fingerprint density at radius 3 is 3.00 bits per heavy atom. The van der Waals surface area contributed by atoms with Crippen LogP contribution >= 0.6 is 0 Å². The van der Waals surface area contributed by atoms with E-state index in [0.717, 1.165) is 25.8 Å². The molecule has 1 aromatic heterocycles. The molecule has 1 unspecified atom stereocenters. The van der Waals surface area contributed by atoms with Crippen LogP contribution in [0, 0.1) is 12.3 Å². The van der Waals surface area contributed by atoms with E-state index < -0.39 is 0 Å². The molecular weight excluding hydrogens is 186 g/mol. The summed E-state index contributed by atoms with van der Waals surface area (Å²) in [6.07, 6.45) is 11.9. The third-order valence-electron chi connectivity index (χ3n) is 2.43. The zero-order valence-electron chi connectivity index (χ0n) is 9.53. The zero-order valence-corrected chi connectivity index (χ0v) is 9.53. The van der Waals surface area contributed by atoms with Gasteiger partial charge in [-0.05, 0) is 19.4 Å². The summed E-state index contributed by atoms with van der Waals surface area (Å²) in [6, 6.07) is 0.327. The third-order valence-corrected chi connectivity index (χ3v) is 2.43. The minimum Gasteiger partial charge on any atom is -0.336 e. The molecule has 82 valence electrons. The van der Waals surface area contributed by atoms with Crippen LogP contribution in [-0.4, -0.2) is 16.1 Å². The molecule has 0 spiro atoms. The van der Waals surface area contributed by atoms with Crippen LogP contribution < -0.4 is 5.32 Å². The first-order chi connectivity index (χ1) is 7.29. The largest absolute Gasteiger partial charge is 0.336 e. The lowest BCUT2D eigenvalue weighted by Crippen LogP contribution is -2.23. The van der Waals surface area contributed by atoms with Gasteiger partial charge < -0.3 is 9.88 Å². The molecule has 0 saturated heterocycles. The number of hydrogen-bond donors (Lipinski definition) is 1. The summed E-state index contributed by atoms with van der Waals surface area (Å²) >= 11 is 0. The van der Waals surface area contributed by atoms with Gasteiger partial charge in [-0.1, -0.05) is 6.92 Å². The van der Waals surface area contributed by atoms with Gasteiger partial charge in [-0.3, -0.25) is 0 Å². The fourth-order valence-electron chi connectivity index (χ4n) is 1.60. The van der Waals surface area contributed by atoms with Crippen molar-refractivity contribution in [2.45, 2.75) is 32.2 Å². The van der Waals surface area contributed by atoms with Gasteiger partial charge in [-0.15, -0.1) is 12.3 Å². The van der Waals surface area contributed by atoms with Gasteiger partial charge in [0, 0.05) is 25.7 Å². The highest BCUT2D eigenvalue weighted by Crippen LogP contribution is 2.17. The second-order valence-corrected chi connectivity index (χ2v) is 3.68. The summed E-state index contributed by atoms with van der Waals surface area (Å²) in [6.45, 7) is 3.18. The van der Waals surface area contributed by atoms with E-state index in [2.05, 4.69) is 23.1 Å². The zero-order chi connectivity index (χ0) is 11.1. The summed E-state index contributed by atoms with van der Waals surface area (Å²) in [5.41, 5.74) is 1.21. The lowest BCUT2D eigenvalue weighted by atomic mass is 10.1. The molecule has 0 fully saturated rings. The van der Waals surface area contributed by atoms with Crippen LogP contribution in [0.5, 0.6) is 0 Å². The van der Waals surface area contributed by atoms with Gasteiger partial charge >= 0.3 is 0 Å². The van der Waals surface area contributed by atoms with Gasteiger partial charge in [0.25, 0.3) is 0 Å². The maximum absolute atomic E-state index is 5.30. The predicted molar refractivity (Wildman–Crippen MR) is 62.3 cm³/mol. The second-order valence-electron chi connectivity index (χ2n) is 3.68. The van der Waals surface area contributed by atoms with Gasteiger partial charge in [-0.25, -0.2) is 4.98 Å². The maximum Gasteiger partial charge on any atom is 0.0946 e. The van der Waals surface area contributed by atoms with Crippen molar-refractivity contribution >= 4 is 0 Å². The number of nitrogens with zero attached hydrogens (tertiary/aromatic N) is 2. The molecule has 0 saturated carbocycles. The van der Waals surface area contributed by atoms with Crippen LogP contribution in [0.15, 0.2) is 12.5 Å². The molecule has 0 aliphatic carbocycles. The second kappa shape index (κ2) is 6.26. The van der Waals surface area contributed by atoms with E-state index in [1.165, 1.54) is 5.69 Å². The topological polar surface area (TPSA) is 29.9 Å². The van der Waals surface area contributed by atoms with Crippen LogP contribution in [0.1, 0.15) is 37.9 Å². The highest BCUT2D eigenvalue weighted by Gasteiger charge is 2.12. The molecule has 15 heavy (non-hydrogen) atoms. The van der Waals surface area contributed by atoms with Gasteiger partial charge in [0.2, 0.25) is 0 Å². The molecule has 3 nitrogen and oxygen atoms in total. The van der Waals surface area contributed by atoms with Crippen LogP contribution in [-0.2, 0) is 7.05 Å². The number of terminal acetylenes is 1. The van der Waals surface area contributed by atoms with Crippen molar-refractivity contribution in [2.24, 2.45) is 7.05 Å². The van der Waals surface area contributed by atoms with Gasteiger partial charge in [-0.2, -0.15) is 0 Å². The quantitative estimate of drug-likeness (QED) is 0.719. The SMILES string of the molecule is C#CCCC(NCCC)c1cncn1C. The Labute approximate surface area is 91.9 Å². The van der Waals surface area contributed by atoms with Gasteiger partial charge in [0.15, 0.2) is 0 Å². The van der Waals surface area contributed by atoms with E-state index in [1.807, 2.05) is 24.1 Å². The molecule has 0 aromatic carbocycles. The monoisotopic (exact) mass is 205 g/mol. The maximum atomic E-state index is 5.30. The fraction of sp³-hybridized carbons (Fsp3) is 0.583. The summed E-state index contributed by atoms with van der Waals surface area (Å²) in [5.74, 6) is 2.69. The molecule has 0 aliphatic heterocycles. The first kappa shape index (κ1) is 11.8. The lowest BCUT2D eigenvalue weighted by molar-refractivity contribution is 0.482. The van der Waals surface area contributed by atoms with Crippen molar-refractivity contribution in [3.8, 4) is 12.3 Å². The van der Waals surface area contributed by atoms with Crippen LogP contribution in [0.2, 0.25) is 0 Å². The molecule has 3 heteroatoms. The van der Waals surface area contributed by atoms with Crippen LogP contribution in [0.3, 0.4) is 0 Å². The standard InChI is InChI=1S/C12H19N3/c1-4-6-7-11(14-8-5-2)12-9-13-10-15(12)3/h1,9-11,14H,5-8H2,2-3H3. The lowest BCUT2D eigenvalue weighted by Gasteiger charge is -2.17. The first-order valence-corrected chi connectivity index (χ1v) is 5.42. The Kier molecular flexibility index (Phi) is 4.92. The molecule has 1 heterocycles. The van der Waals surface area contributed by atoms with Gasteiger partial charge in [0.05, 0.1) is 12.0 Å². The molecule has 1 atom stereocenters. The molecule has 0 amide bonds. The number of aryl methyl sites for hydroxylation is 1. The fourth-order valence-corrected chi connectivity index (χ4v) is 1.60.